The van der Waals surface area contributed by atoms with Gasteiger partial charge in [-0.25, -0.2) is 14.6 Å². The Balaban J connectivity index is 0.000000479. The lowest BCUT2D eigenvalue weighted by molar-refractivity contribution is -0.192. The molecule has 0 aliphatic rings. The summed E-state index contributed by atoms with van der Waals surface area (Å²) >= 11 is 0. The Morgan fingerprint density at radius 2 is 1.65 bits per heavy atom. The van der Waals surface area contributed by atoms with Gasteiger partial charge in [0.1, 0.15) is 11.3 Å². The van der Waals surface area contributed by atoms with Crippen molar-refractivity contribution in [3.63, 3.8) is 0 Å². The zero-order valence-electron chi connectivity index (χ0n) is 19.6. The van der Waals surface area contributed by atoms with Gasteiger partial charge in [0.2, 0.25) is 0 Å². The fourth-order valence-corrected chi connectivity index (χ4v) is 3.64. The first-order valence-corrected chi connectivity index (χ1v) is 10.9. The molecule has 0 amide bonds. The number of nitrogens with zero attached hydrogens (tertiary/aromatic N) is 1. The highest BCUT2D eigenvalue weighted by atomic mass is 19.4. The molecule has 0 radical (unpaired) electrons. The Hall–Kier alpha value is -4.62. The van der Waals surface area contributed by atoms with Gasteiger partial charge in [0, 0.05) is 6.54 Å². The number of aromatic carboxylic acids is 1. The smallest absolute Gasteiger partial charge is 0.478 e. The minimum Gasteiger partial charge on any atom is -0.478 e. The Kier molecular flexibility index (Phi) is 8.32. The predicted molar refractivity (Wildman–Crippen MR) is 133 cm³/mol. The molecular weight excluding hydrogens is 487 g/mol. The third kappa shape index (κ3) is 6.74. The molecule has 0 saturated carbocycles. The maximum atomic E-state index is 11.7. The highest BCUT2D eigenvalue weighted by molar-refractivity contribution is 6.03. The molecule has 4 rings (SSSR count). The second-order valence-corrected chi connectivity index (χ2v) is 7.89. The zero-order chi connectivity index (χ0) is 27.2. The van der Waals surface area contributed by atoms with Crippen LogP contribution in [0.1, 0.15) is 21.7 Å². The molecular formula is C27H22F3N3O4. The van der Waals surface area contributed by atoms with Gasteiger partial charge in [0.05, 0.1) is 17.6 Å². The number of aromatic amines is 1. The lowest BCUT2D eigenvalue weighted by atomic mass is 9.96. The summed E-state index contributed by atoms with van der Waals surface area (Å²) in [6, 6.07) is 19.9. The predicted octanol–water partition coefficient (Wildman–Crippen LogP) is 5.26. The van der Waals surface area contributed by atoms with Crippen LogP contribution in [0.4, 0.5) is 13.2 Å². The van der Waals surface area contributed by atoms with Crippen LogP contribution < -0.4 is 5.32 Å². The summed E-state index contributed by atoms with van der Waals surface area (Å²) in [6.07, 6.45) is 0.240. The summed E-state index contributed by atoms with van der Waals surface area (Å²) in [7, 11) is 0. The first-order valence-electron chi connectivity index (χ1n) is 10.9. The quantitative estimate of drug-likeness (QED) is 0.208. The topological polar surface area (TPSA) is 115 Å². The highest BCUT2D eigenvalue weighted by Crippen LogP contribution is 2.30. The molecule has 0 unspecified atom stereocenters. The second kappa shape index (κ2) is 11.4. The molecule has 1 aromatic heterocycles. The van der Waals surface area contributed by atoms with Crippen LogP contribution in [0.25, 0.3) is 33.3 Å². The third-order valence-corrected chi connectivity index (χ3v) is 5.27. The van der Waals surface area contributed by atoms with Crippen LogP contribution in [-0.2, 0) is 11.3 Å². The monoisotopic (exact) mass is 509 g/mol. The van der Waals surface area contributed by atoms with Gasteiger partial charge in [-0.3, -0.25) is 0 Å². The molecule has 0 atom stereocenters. The van der Waals surface area contributed by atoms with E-state index in [1.807, 2.05) is 37.3 Å². The van der Waals surface area contributed by atoms with E-state index in [0.717, 1.165) is 27.8 Å². The number of halogens is 3. The van der Waals surface area contributed by atoms with Crippen molar-refractivity contribution in [1.82, 2.24) is 15.3 Å². The van der Waals surface area contributed by atoms with E-state index in [-0.39, 0.29) is 5.56 Å². The average molecular weight is 509 g/mol. The minimum atomic E-state index is -5.08. The maximum absolute atomic E-state index is 11.7. The molecule has 0 aliphatic carbocycles. The van der Waals surface area contributed by atoms with Gasteiger partial charge in [0.25, 0.3) is 0 Å². The van der Waals surface area contributed by atoms with Crippen molar-refractivity contribution in [2.75, 3.05) is 6.54 Å². The second-order valence-electron chi connectivity index (χ2n) is 7.89. The zero-order valence-corrected chi connectivity index (χ0v) is 19.6. The van der Waals surface area contributed by atoms with Gasteiger partial charge in [-0.2, -0.15) is 13.2 Å². The SMILES string of the molecule is C#CCNCc1ccccc1-c1ccc(-c2cc(C(=O)O)c3nc(C)[nH]c3c2)cc1.O=C(O)C(F)(F)F. The van der Waals surface area contributed by atoms with E-state index in [1.165, 1.54) is 5.56 Å². The van der Waals surface area contributed by atoms with Crippen LogP contribution in [0.3, 0.4) is 0 Å². The van der Waals surface area contributed by atoms with Crippen molar-refractivity contribution in [2.45, 2.75) is 19.6 Å². The molecule has 7 nitrogen and oxygen atoms in total. The van der Waals surface area contributed by atoms with Crippen molar-refractivity contribution < 1.29 is 33.0 Å². The molecule has 0 saturated heterocycles. The number of aromatic nitrogens is 2. The summed E-state index contributed by atoms with van der Waals surface area (Å²) in [5.41, 5.74) is 6.57. The molecule has 37 heavy (non-hydrogen) atoms. The van der Waals surface area contributed by atoms with Crippen molar-refractivity contribution in [2.24, 2.45) is 0 Å². The van der Waals surface area contributed by atoms with Crippen LogP contribution in [0.2, 0.25) is 0 Å². The van der Waals surface area contributed by atoms with E-state index >= 15 is 0 Å². The number of alkyl halides is 3. The summed E-state index contributed by atoms with van der Waals surface area (Å²) in [5, 5.41) is 20.0. The molecule has 0 fully saturated rings. The first-order chi connectivity index (χ1) is 17.5. The Morgan fingerprint density at radius 3 is 2.24 bits per heavy atom. The minimum absolute atomic E-state index is 0.195. The summed E-state index contributed by atoms with van der Waals surface area (Å²) < 4.78 is 31.7. The Bertz CT molecular complexity index is 1470. The number of aliphatic carboxylic acids is 1. The molecule has 0 aliphatic heterocycles. The van der Waals surface area contributed by atoms with Crippen molar-refractivity contribution >= 4 is 23.0 Å². The Morgan fingerprint density at radius 1 is 1.03 bits per heavy atom. The normalized spacial score (nSPS) is 10.9. The summed E-state index contributed by atoms with van der Waals surface area (Å²) in [4.78, 5) is 28.1. The fourth-order valence-electron chi connectivity index (χ4n) is 3.64. The molecule has 0 spiro atoms. The van der Waals surface area contributed by atoms with Crippen LogP contribution in [-0.4, -0.2) is 44.8 Å². The van der Waals surface area contributed by atoms with Gasteiger partial charge in [-0.15, -0.1) is 6.42 Å². The number of terminal acetylenes is 1. The number of imidazole rings is 1. The van der Waals surface area contributed by atoms with Crippen molar-refractivity contribution in [3.05, 3.63) is 77.6 Å². The van der Waals surface area contributed by atoms with Crippen molar-refractivity contribution in [1.29, 1.82) is 0 Å². The van der Waals surface area contributed by atoms with Gasteiger partial charge in [0.15, 0.2) is 0 Å². The number of aryl methyl sites for hydroxylation is 1. The Labute approximate surface area is 210 Å². The number of carbonyl (C=O) groups is 2. The van der Waals surface area contributed by atoms with Crippen molar-refractivity contribution in [3.8, 4) is 34.6 Å². The van der Waals surface area contributed by atoms with Crippen LogP contribution in [0.5, 0.6) is 0 Å². The summed E-state index contributed by atoms with van der Waals surface area (Å²) in [5.74, 6) is -0.465. The van der Waals surface area contributed by atoms with E-state index in [1.54, 1.807) is 6.07 Å². The standard InChI is InChI=1S/C25H21N3O2.C2HF3O2/c1-3-12-26-15-19-6-4-5-7-21(19)18-10-8-17(9-11-18)20-13-22(25(29)30)24-23(14-20)27-16(2)28-24;3-2(4,5)1(6)7/h1,4-11,13-14,26H,12,15H2,2H3,(H,27,28)(H,29,30);(H,6,7). The van der Waals surface area contributed by atoms with E-state index in [0.29, 0.717) is 24.4 Å². The van der Waals surface area contributed by atoms with E-state index in [2.05, 4.69) is 45.5 Å². The van der Waals surface area contributed by atoms with E-state index in [9.17, 15) is 23.1 Å². The number of rotatable bonds is 6. The average Bonchev–Trinajstić information content (AvgIpc) is 3.23. The molecule has 10 heteroatoms. The largest absolute Gasteiger partial charge is 0.490 e. The number of carboxylic acids is 2. The molecule has 1 heterocycles. The number of hydrogen-bond acceptors (Lipinski definition) is 4. The molecule has 190 valence electrons. The molecule has 0 bridgehead atoms. The lowest BCUT2D eigenvalue weighted by Gasteiger charge is -2.11. The molecule has 3 aromatic carbocycles. The molecule has 4 N–H and O–H groups in total. The fraction of sp³-hybridized carbons (Fsp3) is 0.148. The maximum Gasteiger partial charge on any atom is 0.490 e. The van der Waals surface area contributed by atoms with E-state index in [4.69, 9.17) is 16.3 Å². The lowest BCUT2D eigenvalue weighted by Crippen LogP contribution is -2.21. The molecule has 4 aromatic rings. The first kappa shape index (κ1) is 27.0. The van der Waals surface area contributed by atoms with Gasteiger partial charge < -0.3 is 20.5 Å². The van der Waals surface area contributed by atoms with Crippen LogP contribution in [0.15, 0.2) is 60.7 Å². The van der Waals surface area contributed by atoms with Crippen LogP contribution in [0, 0.1) is 19.3 Å². The number of fused-ring (bicyclic) bond motifs is 1. The van der Waals surface area contributed by atoms with Gasteiger partial charge in [-0.05, 0) is 46.9 Å². The number of carboxylic acid groups (broad SMARTS) is 2. The third-order valence-electron chi connectivity index (χ3n) is 5.27. The van der Waals surface area contributed by atoms with Crippen LogP contribution >= 0.6 is 0 Å². The summed E-state index contributed by atoms with van der Waals surface area (Å²) in [6.45, 7) is 3.03. The van der Waals surface area contributed by atoms with E-state index < -0.39 is 18.1 Å². The highest BCUT2D eigenvalue weighted by Gasteiger charge is 2.38. The van der Waals surface area contributed by atoms with Gasteiger partial charge in [-0.1, -0.05) is 54.5 Å². The number of hydrogen-bond donors (Lipinski definition) is 4. The number of H-pyrrole nitrogens is 1. The van der Waals surface area contributed by atoms with Gasteiger partial charge >= 0.3 is 18.1 Å². The number of benzene rings is 3. The number of nitrogens with one attached hydrogen (secondary N) is 2.